The molecule has 0 fully saturated rings. The van der Waals surface area contributed by atoms with E-state index in [1.54, 1.807) is 18.2 Å². The summed E-state index contributed by atoms with van der Waals surface area (Å²) in [6, 6.07) is 20.8. The van der Waals surface area contributed by atoms with Crippen LogP contribution in [0.1, 0.15) is 35.3 Å². The number of nitrogens with one attached hydrogen (secondary N) is 1. The Morgan fingerprint density at radius 3 is 2.22 bits per heavy atom. The fraction of sp³-hybridized carbons (Fsp3) is 0.182. The lowest BCUT2D eigenvalue weighted by Crippen LogP contribution is -2.15. The SMILES string of the molecule is Cc1cccc(NC(CC(O)c2ccc(Cl)cc2)c2ccc(Cl)c(Cl)c2)c1. The van der Waals surface area contributed by atoms with Gasteiger partial charge in [-0.3, -0.25) is 0 Å². The van der Waals surface area contributed by atoms with E-state index in [2.05, 4.69) is 11.4 Å². The molecule has 0 saturated carbocycles. The first-order valence-corrected chi connectivity index (χ1v) is 9.77. The van der Waals surface area contributed by atoms with Crippen LogP contribution in [0.2, 0.25) is 15.1 Å². The van der Waals surface area contributed by atoms with Crippen molar-refractivity contribution in [2.75, 3.05) is 5.32 Å². The molecule has 2 atom stereocenters. The van der Waals surface area contributed by atoms with Crippen LogP contribution in [0.3, 0.4) is 0 Å². The van der Waals surface area contributed by atoms with Gasteiger partial charge in [0.2, 0.25) is 0 Å². The quantitative estimate of drug-likeness (QED) is 0.441. The minimum Gasteiger partial charge on any atom is -0.388 e. The summed E-state index contributed by atoms with van der Waals surface area (Å²) in [5.41, 5.74) is 3.91. The number of aryl methyl sites for hydroxylation is 1. The molecule has 5 heteroatoms. The fourth-order valence-electron chi connectivity index (χ4n) is 2.99. The molecule has 27 heavy (non-hydrogen) atoms. The minimum absolute atomic E-state index is 0.146. The van der Waals surface area contributed by atoms with E-state index in [0.717, 1.165) is 22.4 Å². The summed E-state index contributed by atoms with van der Waals surface area (Å²) in [4.78, 5) is 0. The van der Waals surface area contributed by atoms with Crippen molar-refractivity contribution in [3.63, 3.8) is 0 Å². The molecule has 3 rings (SSSR count). The lowest BCUT2D eigenvalue weighted by atomic mass is 9.96. The van der Waals surface area contributed by atoms with E-state index in [0.29, 0.717) is 21.5 Å². The molecule has 0 radical (unpaired) electrons. The Bertz CT molecular complexity index is 912. The molecule has 0 aliphatic rings. The monoisotopic (exact) mass is 419 g/mol. The van der Waals surface area contributed by atoms with Gasteiger partial charge in [-0.05, 0) is 60.0 Å². The molecule has 0 heterocycles. The highest BCUT2D eigenvalue weighted by Crippen LogP contribution is 2.33. The highest BCUT2D eigenvalue weighted by Gasteiger charge is 2.19. The smallest absolute Gasteiger partial charge is 0.0813 e. The molecule has 0 saturated heterocycles. The number of hydrogen-bond donors (Lipinski definition) is 2. The van der Waals surface area contributed by atoms with E-state index in [1.807, 2.05) is 49.4 Å². The van der Waals surface area contributed by atoms with Gasteiger partial charge < -0.3 is 10.4 Å². The summed E-state index contributed by atoms with van der Waals surface area (Å²) in [7, 11) is 0. The van der Waals surface area contributed by atoms with Crippen molar-refractivity contribution in [3.05, 3.63) is 98.5 Å². The van der Waals surface area contributed by atoms with E-state index >= 15 is 0 Å². The molecule has 0 aliphatic carbocycles. The summed E-state index contributed by atoms with van der Waals surface area (Å²) in [6.45, 7) is 2.04. The number of aliphatic hydroxyl groups is 1. The standard InChI is InChI=1S/C22H20Cl3NO/c1-14-3-2-4-18(11-14)26-21(16-7-10-19(24)20(25)12-16)13-22(27)15-5-8-17(23)9-6-15/h2-12,21-22,26-27H,13H2,1H3. The van der Waals surface area contributed by atoms with Crippen molar-refractivity contribution in [2.45, 2.75) is 25.5 Å². The first kappa shape index (κ1) is 20.0. The van der Waals surface area contributed by atoms with Gasteiger partial charge in [0.25, 0.3) is 0 Å². The third-order valence-corrected chi connectivity index (χ3v) is 5.41. The number of aliphatic hydroxyl groups excluding tert-OH is 1. The number of rotatable bonds is 6. The number of halogens is 3. The second-order valence-electron chi connectivity index (χ2n) is 6.54. The van der Waals surface area contributed by atoms with Crippen molar-refractivity contribution >= 4 is 40.5 Å². The molecular weight excluding hydrogens is 401 g/mol. The highest BCUT2D eigenvalue weighted by molar-refractivity contribution is 6.42. The Balaban J connectivity index is 1.88. The number of anilines is 1. The van der Waals surface area contributed by atoms with Crippen LogP contribution in [0, 0.1) is 6.92 Å². The van der Waals surface area contributed by atoms with Crippen LogP contribution in [-0.4, -0.2) is 5.11 Å². The Morgan fingerprint density at radius 1 is 0.852 bits per heavy atom. The van der Waals surface area contributed by atoms with Crippen LogP contribution in [0.25, 0.3) is 0 Å². The van der Waals surface area contributed by atoms with Gasteiger partial charge in [0.15, 0.2) is 0 Å². The third kappa shape index (κ3) is 5.40. The molecule has 0 aromatic heterocycles. The number of hydrogen-bond acceptors (Lipinski definition) is 2. The first-order valence-electron chi connectivity index (χ1n) is 8.64. The van der Waals surface area contributed by atoms with Crippen LogP contribution in [0.15, 0.2) is 66.7 Å². The molecule has 0 aliphatic heterocycles. The molecule has 3 aromatic carbocycles. The minimum atomic E-state index is -0.654. The Morgan fingerprint density at radius 2 is 1.56 bits per heavy atom. The second-order valence-corrected chi connectivity index (χ2v) is 7.79. The summed E-state index contributed by atoms with van der Waals surface area (Å²) in [6.07, 6.45) is -0.188. The van der Waals surface area contributed by atoms with Crippen molar-refractivity contribution < 1.29 is 5.11 Å². The van der Waals surface area contributed by atoms with Crippen molar-refractivity contribution in [3.8, 4) is 0 Å². The van der Waals surface area contributed by atoms with Crippen LogP contribution >= 0.6 is 34.8 Å². The molecule has 0 amide bonds. The summed E-state index contributed by atoms with van der Waals surface area (Å²) in [5, 5.41) is 15.9. The topological polar surface area (TPSA) is 32.3 Å². The van der Waals surface area contributed by atoms with Gasteiger partial charge in [-0.25, -0.2) is 0 Å². The van der Waals surface area contributed by atoms with Crippen molar-refractivity contribution in [2.24, 2.45) is 0 Å². The maximum absolute atomic E-state index is 10.8. The zero-order valence-corrected chi connectivity index (χ0v) is 17.1. The molecule has 0 bridgehead atoms. The van der Waals surface area contributed by atoms with Crippen molar-refractivity contribution in [1.82, 2.24) is 0 Å². The fourth-order valence-corrected chi connectivity index (χ4v) is 3.42. The maximum Gasteiger partial charge on any atom is 0.0813 e. The normalized spacial score (nSPS) is 13.2. The molecule has 2 nitrogen and oxygen atoms in total. The van der Waals surface area contributed by atoms with E-state index < -0.39 is 6.10 Å². The summed E-state index contributed by atoms with van der Waals surface area (Å²) < 4.78 is 0. The van der Waals surface area contributed by atoms with Gasteiger partial charge >= 0.3 is 0 Å². The highest BCUT2D eigenvalue weighted by atomic mass is 35.5. The van der Waals surface area contributed by atoms with E-state index in [9.17, 15) is 5.11 Å². The van der Waals surface area contributed by atoms with Gasteiger partial charge in [-0.15, -0.1) is 0 Å². The molecule has 2 N–H and O–H groups in total. The summed E-state index contributed by atoms with van der Waals surface area (Å²) >= 11 is 18.2. The average molecular weight is 421 g/mol. The van der Waals surface area contributed by atoms with Gasteiger partial charge in [-0.1, -0.05) is 65.1 Å². The van der Waals surface area contributed by atoms with Crippen molar-refractivity contribution in [1.29, 1.82) is 0 Å². The molecule has 3 aromatic rings. The molecule has 140 valence electrons. The molecular formula is C22H20Cl3NO. The first-order chi connectivity index (χ1) is 12.9. The Kier molecular flexibility index (Phi) is 6.67. The zero-order chi connectivity index (χ0) is 19.4. The zero-order valence-electron chi connectivity index (χ0n) is 14.8. The molecule has 0 spiro atoms. The van der Waals surface area contributed by atoms with Gasteiger partial charge in [0.05, 0.1) is 22.2 Å². The maximum atomic E-state index is 10.8. The predicted octanol–water partition coefficient (Wildman–Crippen LogP) is 7.23. The average Bonchev–Trinajstić information content (AvgIpc) is 2.64. The molecule has 2 unspecified atom stereocenters. The number of benzene rings is 3. The van der Waals surface area contributed by atoms with E-state index in [1.165, 1.54) is 0 Å². The lowest BCUT2D eigenvalue weighted by Gasteiger charge is -2.24. The van der Waals surface area contributed by atoms with Crippen LogP contribution < -0.4 is 5.32 Å². The Hall–Kier alpha value is -1.71. The lowest BCUT2D eigenvalue weighted by molar-refractivity contribution is 0.160. The van der Waals surface area contributed by atoms with Gasteiger partial charge in [-0.2, -0.15) is 0 Å². The largest absolute Gasteiger partial charge is 0.388 e. The van der Waals surface area contributed by atoms with Crippen LogP contribution in [0.5, 0.6) is 0 Å². The van der Waals surface area contributed by atoms with Crippen LogP contribution in [0.4, 0.5) is 5.69 Å². The van der Waals surface area contributed by atoms with E-state index in [4.69, 9.17) is 34.8 Å². The second kappa shape index (κ2) is 8.99. The van der Waals surface area contributed by atoms with Gasteiger partial charge in [0.1, 0.15) is 0 Å². The van der Waals surface area contributed by atoms with Gasteiger partial charge in [0, 0.05) is 17.1 Å². The summed E-state index contributed by atoms with van der Waals surface area (Å²) in [5.74, 6) is 0. The predicted molar refractivity (Wildman–Crippen MR) is 115 cm³/mol. The Labute approximate surface area is 174 Å². The van der Waals surface area contributed by atoms with Crippen LogP contribution in [-0.2, 0) is 0 Å². The van der Waals surface area contributed by atoms with E-state index in [-0.39, 0.29) is 6.04 Å². The third-order valence-electron chi connectivity index (χ3n) is 4.42.